The summed E-state index contributed by atoms with van der Waals surface area (Å²) >= 11 is 0. The topological polar surface area (TPSA) is 94.4 Å². The normalized spacial score (nSPS) is 10.7. The van der Waals surface area contributed by atoms with Gasteiger partial charge in [0.05, 0.1) is 5.69 Å². The second-order valence-electron chi connectivity index (χ2n) is 5.49. The molecule has 0 bridgehead atoms. The molecule has 2 aromatic carbocycles. The van der Waals surface area contributed by atoms with E-state index in [4.69, 9.17) is 11.5 Å². The van der Waals surface area contributed by atoms with Gasteiger partial charge in [-0.15, -0.1) is 0 Å². The summed E-state index contributed by atoms with van der Waals surface area (Å²) in [4.78, 5) is 19.8. The molecular formula is C18H14F2N4O. The van der Waals surface area contributed by atoms with Crippen molar-refractivity contribution < 1.29 is 13.6 Å². The van der Waals surface area contributed by atoms with E-state index in [2.05, 4.69) is 9.98 Å². The third-order valence-electron chi connectivity index (χ3n) is 3.77. The minimum atomic E-state index is -0.999. The summed E-state index contributed by atoms with van der Waals surface area (Å²) in [5.74, 6) is -2.96. The van der Waals surface area contributed by atoms with Gasteiger partial charge >= 0.3 is 0 Å². The van der Waals surface area contributed by atoms with Crippen molar-refractivity contribution in [2.24, 2.45) is 16.5 Å². The SMILES string of the molecule is Cc1cnc(-c2cccc(F)c2F)c2cc(C(=O)N=C(N)N)ccc12. The van der Waals surface area contributed by atoms with E-state index in [1.165, 1.54) is 18.2 Å². The van der Waals surface area contributed by atoms with Crippen molar-refractivity contribution in [2.75, 3.05) is 0 Å². The summed E-state index contributed by atoms with van der Waals surface area (Å²) in [6.07, 6.45) is 1.57. The number of nitrogens with two attached hydrogens (primary N) is 2. The monoisotopic (exact) mass is 340 g/mol. The quantitative estimate of drug-likeness (QED) is 0.554. The van der Waals surface area contributed by atoms with E-state index in [1.54, 1.807) is 18.3 Å². The second-order valence-corrected chi connectivity index (χ2v) is 5.49. The molecule has 126 valence electrons. The number of aromatic nitrogens is 1. The van der Waals surface area contributed by atoms with Gasteiger partial charge in [-0.2, -0.15) is 4.99 Å². The van der Waals surface area contributed by atoms with Crippen molar-refractivity contribution >= 4 is 22.6 Å². The lowest BCUT2D eigenvalue weighted by atomic mass is 9.98. The van der Waals surface area contributed by atoms with Crippen LogP contribution in [0.1, 0.15) is 15.9 Å². The van der Waals surface area contributed by atoms with E-state index >= 15 is 0 Å². The number of guanidine groups is 1. The molecule has 7 heteroatoms. The molecule has 1 heterocycles. The third kappa shape index (κ3) is 3.03. The molecule has 0 atom stereocenters. The average Bonchev–Trinajstić information content (AvgIpc) is 2.57. The van der Waals surface area contributed by atoms with Crippen LogP contribution in [0.15, 0.2) is 47.6 Å². The first-order valence-corrected chi connectivity index (χ1v) is 7.36. The van der Waals surface area contributed by atoms with E-state index in [-0.39, 0.29) is 22.8 Å². The van der Waals surface area contributed by atoms with Crippen LogP contribution in [0.25, 0.3) is 22.0 Å². The Morgan fingerprint density at radius 1 is 1.12 bits per heavy atom. The highest BCUT2D eigenvalue weighted by Crippen LogP contribution is 2.31. The molecule has 0 saturated carbocycles. The maximum absolute atomic E-state index is 14.2. The molecule has 0 fully saturated rings. The van der Waals surface area contributed by atoms with Gasteiger partial charge in [-0.05, 0) is 42.1 Å². The maximum atomic E-state index is 14.2. The van der Waals surface area contributed by atoms with Crippen LogP contribution >= 0.6 is 0 Å². The predicted octanol–water partition coefficient (Wildman–Crippen LogP) is 2.90. The van der Waals surface area contributed by atoms with Gasteiger partial charge in [-0.3, -0.25) is 9.78 Å². The number of aryl methyl sites for hydroxylation is 1. The summed E-state index contributed by atoms with van der Waals surface area (Å²) in [5, 5.41) is 1.26. The van der Waals surface area contributed by atoms with Crippen LogP contribution in [0.3, 0.4) is 0 Å². The highest BCUT2D eigenvalue weighted by molar-refractivity contribution is 6.06. The first kappa shape index (κ1) is 16.5. The van der Waals surface area contributed by atoms with Gasteiger partial charge in [0.2, 0.25) is 0 Å². The van der Waals surface area contributed by atoms with Crippen molar-refractivity contribution in [2.45, 2.75) is 6.92 Å². The Kier molecular flexibility index (Phi) is 4.14. The van der Waals surface area contributed by atoms with Crippen LogP contribution in [0.2, 0.25) is 0 Å². The number of hydrogen-bond donors (Lipinski definition) is 2. The van der Waals surface area contributed by atoms with Crippen molar-refractivity contribution in [1.82, 2.24) is 4.98 Å². The number of fused-ring (bicyclic) bond motifs is 1. The van der Waals surface area contributed by atoms with Gasteiger partial charge in [0, 0.05) is 22.7 Å². The number of hydrogen-bond acceptors (Lipinski definition) is 2. The number of rotatable bonds is 2. The molecule has 25 heavy (non-hydrogen) atoms. The van der Waals surface area contributed by atoms with Gasteiger partial charge in [0.15, 0.2) is 17.6 Å². The zero-order chi connectivity index (χ0) is 18.1. The first-order chi connectivity index (χ1) is 11.9. The molecular weight excluding hydrogens is 326 g/mol. The van der Waals surface area contributed by atoms with E-state index in [0.29, 0.717) is 5.39 Å². The zero-order valence-corrected chi connectivity index (χ0v) is 13.3. The number of halogens is 2. The van der Waals surface area contributed by atoms with Gasteiger partial charge in [0.25, 0.3) is 5.91 Å². The number of pyridine rings is 1. The number of benzene rings is 2. The molecule has 5 nitrogen and oxygen atoms in total. The molecule has 0 aliphatic heterocycles. The molecule has 3 rings (SSSR count). The molecule has 0 aliphatic rings. The summed E-state index contributed by atoms with van der Waals surface area (Å²) in [6.45, 7) is 1.83. The van der Waals surface area contributed by atoms with Crippen molar-refractivity contribution in [3.63, 3.8) is 0 Å². The molecule has 0 aliphatic carbocycles. The van der Waals surface area contributed by atoms with Crippen LogP contribution in [0.5, 0.6) is 0 Å². The lowest BCUT2D eigenvalue weighted by molar-refractivity contribution is 0.100. The van der Waals surface area contributed by atoms with Gasteiger partial charge in [-0.25, -0.2) is 8.78 Å². The van der Waals surface area contributed by atoms with E-state index in [0.717, 1.165) is 17.0 Å². The van der Waals surface area contributed by atoms with Crippen LogP contribution in [-0.2, 0) is 0 Å². The standard InChI is InChI=1S/C18H14F2N4O/c1-9-8-23-16(12-3-2-4-14(19)15(12)20)13-7-10(5-6-11(9)13)17(25)24-18(21)22/h2-8H,1H3,(H4,21,22,24,25). The first-order valence-electron chi connectivity index (χ1n) is 7.36. The number of nitrogens with zero attached hydrogens (tertiary/aromatic N) is 2. The van der Waals surface area contributed by atoms with Crippen molar-refractivity contribution in [3.8, 4) is 11.3 Å². The highest BCUT2D eigenvalue weighted by Gasteiger charge is 2.16. The summed E-state index contributed by atoms with van der Waals surface area (Å²) in [6, 6.07) is 8.64. The fourth-order valence-corrected chi connectivity index (χ4v) is 2.60. The number of carbonyl (C=O) groups excluding carboxylic acids is 1. The molecule has 1 aromatic heterocycles. The summed E-state index contributed by atoms with van der Waals surface area (Å²) < 4.78 is 27.8. The van der Waals surface area contributed by atoms with Gasteiger partial charge in [0.1, 0.15) is 0 Å². The third-order valence-corrected chi connectivity index (χ3v) is 3.77. The maximum Gasteiger partial charge on any atom is 0.280 e. The highest BCUT2D eigenvalue weighted by atomic mass is 19.2. The van der Waals surface area contributed by atoms with Crippen LogP contribution in [-0.4, -0.2) is 16.9 Å². The summed E-state index contributed by atoms with van der Waals surface area (Å²) in [5.41, 5.74) is 11.7. The summed E-state index contributed by atoms with van der Waals surface area (Å²) in [7, 11) is 0. The van der Waals surface area contributed by atoms with Crippen molar-refractivity contribution in [3.05, 3.63) is 65.4 Å². The number of aliphatic imine (C=N–C) groups is 1. The zero-order valence-electron chi connectivity index (χ0n) is 13.3. The Labute approximate surface area is 142 Å². The van der Waals surface area contributed by atoms with E-state index < -0.39 is 17.5 Å². The molecule has 0 radical (unpaired) electrons. The van der Waals surface area contributed by atoms with E-state index in [1.807, 2.05) is 6.92 Å². The molecule has 3 aromatic rings. The Hall–Kier alpha value is -3.35. The molecule has 1 amide bonds. The lowest BCUT2D eigenvalue weighted by Crippen LogP contribution is -2.24. The van der Waals surface area contributed by atoms with Gasteiger partial charge < -0.3 is 11.5 Å². The fourth-order valence-electron chi connectivity index (χ4n) is 2.60. The average molecular weight is 340 g/mol. The Balaban J connectivity index is 2.29. The predicted molar refractivity (Wildman–Crippen MR) is 92.0 cm³/mol. The molecule has 0 saturated heterocycles. The second kappa shape index (κ2) is 6.27. The molecule has 0 spiro atoms. The molecule has 4 N–H and O–H groups in total. The van der Waals surface area contributed by atoms with E-state index in [9.17, 15) is 13.6 Å². The Morgan fingerprint density at radius 3 is 2.60 bits per heavy atom. The smallest absolute Gasteiger partial charge is 0.280 e. The van der Waals surface area contributed by atoms with Crippen LogP contribution < -0.4 is 11.5 Å². The Morgan fingerprint density at radius 2 is 1.88 bits per heavy atom. The van der Waals surface area contributed by atoms with Crippen LogP contribution in [0, 0.1) is 18.6 Å². The van der Waals surface area contributed by atoms with Crippen molar-refractivity contribution in [1.29, 1.82) is 0 Å². The largest absolute Gasteiger partial charge is 0.370 e. The lowest BCUT2D eigenvalue weighted by Gasteiger charge is -2.10. The van der Waals surface area contributed by atoms with Gasteiger partial charge in [-0.1, -0.05) is 12.1 Å². The number of carbonyl (C=O) groups is 1. The molecule has 0 unspecified atom stereocenters. The Bertz CT molecular complexity index is 1030. The fraction of sp³-hybridized carbons (Fsp3) is 0.0556. The number of amides is 1. The minimum Gasteiger partial charge on any atom is -0.370 e. The minimum absolute atomic E-state index is 0.0106. The van der Waals surface area contributed by atoms with Crippen LogP contribution in [0.4, 0.5) is 8.78 Å².